The molecule has 0 unspecified atom stereocenters. The number of carbonyl (C=O) groups is 1. The quantitative estimate of drug-likeness (QED) is 0.591. The topological polar surface area (TPSA) is 64.0 Å². The van der Waals surface area contributed by atoms with E-state index in [-0.39, 0.29) is 19.1 Å². The van der Waals surface area contributed by atoms with Gasteiger partial charge >= 0.3 is 0 Å². The van der Waals surface area contributed by atoms with E-state index in [1.54, 1.807) is 4.90 Å². The Morgan fingerprint density at radius 3 is 2.25 bits per heavy atom. The van der Waals surface area contributed by atoms with Gasteiger partial charge in [-0.15, -0.1) is 0 Å². The van der Waals surface area contributed by atoms with E-state index in [4.69, 9.17) is 10.2 Å². The van der Waals surface area contributed by atoms with Crippen molar-refractivity contribution >= 4 is 5.91 Å². The second kappa shape index (κ2) is 7.60. The number of unbranched alkanes of at least 4 members (excludes halogenated alkanes) is 2. The van der Waals surface area contributed by atoms with Crippen molar-refractivity contribution in [2.75, 3.05) is 45.9 Å². The summed E-state index contributed by atoms with van der Waals surface area (Å²) >= 11 is 0. The molecule has 5 heteroatoms. The van der Waals surface area contributed by atoms with Crippen LogP contribution in [0.5, 0.6) is 0 Å². The summed E-state index contributed by atoms with van der Waals surface area (Å²) in [5.74, 6) is -0.167. The summed E-state index contributed by atoms with van der Waals surface area (Å²) in [5, 5.41) is 17.4. The van der Waals surface area contributed by atoms with Crippen LogP contribution < -0.4 is 0 Å². The van der Waals surface area contributed by atoms with Gasteiger partial charge in [0.25, 0.3) is 0 Å². The number of hydrogen-bond donors (Lipinski definition) is 2. The van der Waals surface area contributed by atoms with Gasteiger partial charge in [-0.25, -0.2) is 0 Å². The number of hydrogen-bond acceptors (Lipinski definition) is 4. The van der Waals surface area contributed by atoms with Gasteiger partial charge in [-0.05, 0) is 25.8 Å². The summed E-state index contributed by atoms with van der Waals surface area (Å²) in [7, 11) is 0. The number of piperazine rings is 1. The predicted molar refractivity (Wildman–Crippen MR) is 61.0 cm³/mol. The van der Waals surface area contributed by atoms with Crippen LogP contribution in [0.3, 0.4) is 0 Å². The van der Waals surface area contributed by atoms with E-state index < -0.39 is 0 Å². The number of carbonyl (C=O) groups excluding carboxylic acids is 1. The average Bonchev–Trinajstić information content (AvgIpc) is 2.34. The van der Waals surface area contributed by atoms with Crippen LogP contribution in [0.25, 0.3) is 0 Å². The van der Waals surface area contributed by atoms with E-state index in [0.717, 1.165) is 52.0 Å². The molecule has 1 fully saturated rings. The van der Waals surface area contributed by atoms with Gasteiger partial charge < -0.3 is 15.1 Å². The smallest absolute Gasteiger partial charge is 0.248 e. The zero-order valence-electron chi connectivity index (χ0n) is 9.77. The number of amides is 1. The van der Waals surface area contributed by atoms with Crippen LogP contribution >= 0.6 is 0 Å². The fraction of sp³-hybridized carbons (Fsp3) is 0.909. The lowest BCUT2D eigenvalue weighted by molar-refractivity contribution is -0.135. The van der Waals surface area contributed by atoms with E-state index in [0.29, 0.717) is 0 Å². The molecular formula is C11H22N2O3. The highest BCUT2D eigenvalue weighted by atomic mass is 16.3. The molecule has 0 saturated carbocycles. The van der Waals surface area contributed by atoms with Crippen LogP contribution in [0.4, 0.5) is 0 Å². The predicted octanol–water partition coefficient (Wildman–Crippen LogP) is -0.714. The Bertz CT molecular complexity index is 203. The van der Waals surface area contributed by atoms with Crippen molar-refractivity contribution in [2.45, 2.75) is 19.3 Å². The maximum Gasteiger partial charge on any atom is 0.248 e. The molecule has 0 bridgehead atoms. The Balaban J connectivity index is 2.10. The summed E-state index contributed by atoms with van der Waals surface area (Å²) < 4.78 is 0. The van der Waals surface area contributed by atoms with Crippen LogP contribution in [0.1, 0.15) is 19.3 Å². The highest BCUT2D eigenvalue weighted by Crippen LogP contribution is 2.04. The third-order valence-electron chi connectivity index (χ3n) is 2.99. The van der Waals surface area contributed by atoms with Crippen molar-refractivity contribution in [3.8, 4) is 0 Å². The number of rotatable bonds is 6. The van der Waals surface area contributed by atoms with Crippen LogP contribution in [0, 0.1) is 0 Å². The monoisotopic (exact) mass is 230 g/mol. The van der Waals surface area contributed by atoms with Gasteiger partial charge in [-0.1, -0.05) is 0 Å². The van der Waals surface area contributed by atoms with Crippen molar-refractivity contribution in [3.05, 3.63) is 0 Å². The third-order valence-corrected chi connectivity index (χ3v) is 2.99. The normalized spacial score (nSPS) is 17.8. The summed E-state index contributed by atoms with van der Waals surface area (Å²) in [6, 6.07) is 0. The largest absolute Gasteiger partial charge is 0.396 e. The van der Waals surface area contributed by atoms with Gasteiger partial charge in [-0.3, -0.25) is 9.69 Å². The molecular weight excluding hydrogens is 208 g/mol. The second-order valence-corrected chi connectivity index (χ2v) is 4.16. The highest BCUT2D eigenvalue weighted by Gasteiger charge is 2.19. The molecule has 0 radical (unpaired) electrons. The first-order valence-electron chi connectivity index (χ1n) is 5.99. The molecule has 1 amide bonds. The molecule has 0 aliphatic carbocycles. The minimum atomic E-state index is -0.378. The Kier molecular flexibility index (Phi) is 6.37. The average molecular weight is 230 g/mol. The van der Waals surface area contributed by atoms with Crippen molar-refractivity contribution in [1.82, 2.24) is 9.80 Å². The van der Waals surface area contributed by atoms with E-state index in [9.17, 15) is 4.79 Å². The standard InChI is InChI=1S/C11H22N2O3/c14-9-3-1-2-4-12-5-7-13(8-6-12)11(16)10-15/h14-15H,1-10H2. The first kappa shape index (κ1) is 13.4. The van der Waals surface area contributed by atoms with Gasteiger partial charge in [0.15, 0.2) is 0 Å². The van der Waals surface area contributed by atoms with Gasteiger partial charge in [0, 0.05) is 32.8 Å². The van der Waals surface area contributed by atoms with E-state index in [2.05, 4.69) is 4.90 Å². The molecule has 1 rings (SSSR count). The van der Waals surface area contributed by atoms with E-state index >= 15 is 0 Å². The third kappa shape index (κ3) is 4.47. The molecule has 1 aliphatic rings. The van der Waals surface area contributed by atoms with Gasteiger partial charge in [0.2, 0.25) is 5.91 Å². The molecule has 0 spiro atoms. The van der Waals surface area contributed by atoms with Crippen molar-refractivity contribution in [1.29, 1.82) is 0 Å². The van der Waals surface area contributed by atoms with Crippen LogP contribution in [0.2, 0.25) is 0 Å². The Morgan fingerprint density at radius 2 is 1.69 bits per heavy atom. The van der Waals surface area contributed by atoms with Crippen molar-refractivity contribution in [3.63, 3.8) is 0 Å². The number of nitrogens with zero attached hydrogens (tertiary/aromatic N) is 2. The van der Waals surface area contributed by atoms with Gasteiger partial charge in [-0.2, -0.15) is 0 Å². The SMILES string of the molecule is O=C(CO)N1CCN(CCCCCO)CC1. The molecule has 1 heterocycles. The first-order chi connectivity index (χ1) is 7.77. The van der Waals surface area contributed by atoms with E-state index in [1.165, 1.54) is 0 Å². The maximum atomic E-state index is 11.2. The lowest BCUT2D eigenvalue weighted by atomic mass is 10.2. The zero-order valence-corrected chi connectivity index (χ0v) is 9.77. The summed E-state index contributed by atoms with van der Waals surface area (Å²) in [4.78, 5) is 15.2. The van der Waals surface area contributed by atoms with Crippen LogP contribution in [-0.2, 0) is 4.79 Å². The lowest BCUT2D eigenvalue weighted by Crippen LogP contribution is -2.49. The van der Waals surface area contributed by atoms with Crippen LogP contribution in [-0.4, -0.2) is 71.9 Å². The Morgan fingerprint density at radius 1 is 1.00 bits per heavy atom. The second-order valence-electron chi connectivity index (χ2n) is 4.16. The fourth-order valence-electron chi connectivity index (χ4n) is 1.94. The summed E-state index contributed by atoms with van der Waals surface area (Å²) in [5.41, 5.74) is 0. The molecule has 1 saturated heterocycles. The molecule has 0 aromatic rings. The molecule has 0 aromatic heterocycles. The minimum Gasteiger partial charge on any atom is -0.396 e. The molecule has 16 heavy (non-hydrogen) atoms. The molecule has 5 nitrogen and oxygen atoms in total. The molecule has 94 valence electrons. The Hall–Kier alpha value is -0.650. The fourth-order valence-corrected chi connectivity index (χ4v) is 1.94. The lowest BCUT2D eigenvalue weighted by Gasteiger charge is -2.34. The number of aliphatic hydroxyl groups is 2. The minimum absolute atomic E-state index is 0.167. The van der Waals surface area contributed by atoms with Crippen LogP contribution in [0.15, 0.2) is 0 Å². The summed E-state index contributed by atoms with van der Waals surface area (Å²) in [6.45, 7) is 4.17. The number of aliphatic hydroxyl groups excluding tert-OH is 2. The zero-order chi connectivity index (χ0) is 11.8. The van der Waals surface area contributed by atoms with Gasteiger partial charge in [0.05, 0.1) is 0 Å². The molecule has 1 aliphatic heterocycles. The summed E-state index contributed by atoms with van der Waals surface area (Å²) in [6.07, 6.45) is 3.05. The molecule has 0 aromatic carbocycles. The molecule has 2 N–H and O–H groups in total. The van der Waals surface area contributed by atoms with Crippen molar-refractivity contribution in [2.24, 2.45) is 0 Å². The molecule has 0 atom stereocenters. The van der Waals surface area contributed by atoms with Gasteiger partial charge in [0.1, 0.15) is 6.61 Å². The van der Waals surface area contributed by atoms with E-state index in [1.807, 2.05) is 0 Å². The van der Waals surface area contributed by atoms with Crippen molar-refractivity contribution < 1.29 is 15.0 Å². The highest BCUT2D eigenvalue weighted by molar-refractivity contribution is 5.77. The maximum absolute atomic E-state index is 11.2. The Labute approximate surface area is 96.7 Å². The first-order valence-corrected chi connectivity index (χ1v) is 5.99.